The first-order valence-electron chi connectivity index (χ1n) is 8.40. The van der Waals surface area contributed by atoms with Gasteiger partial charge in [0, 0.05) is 21.0 Å². The summed E-state index contributed by atoms with van der Waals surface area (Å²) in [5.74, 6) is 0.406. The van der Waals surface area contributed by atoms with E-state index in [2.05, 4.69) is 21.2 Å². The summed E-state index contributed by atoms with van der Waals surface area (Å²) >= 11 is 4.89. The Morgan fingerprint density at radius 2 is 1.79 bits per heavy atom. The average molecular weight is 460 g/mol. The zero-order valence-corrected chi connectivity index (χ0v) is 17.7. The van der Waals surface area contributed by atoms with Crippen LogP contribution in [0.5, 0.6) is 11.5 Å². The van der Waals surface area contributed by atoms with Gasteiger partial charge in [0.05, 0.1) is 31.9 Å². The molecular formula is C21H18BrNO4S. The molecule has 1 heterocycles. The molecule has 0 bridgehead atoms. The summed E-state index contributed by atoms with van der Waals surface area (Å²) in [4.78, 5) is 26.6. The van der Waals surface area contributed by atoms with Gasteiger partial charge in [-0.15, -0.1) is 11.3 Å². The summed E-state index contributed by atoms with van der Waals surface area (Å²) in [7, 11) is 3.01. The number of ether oxygens (including phenoxy) is 2. The normalized spacial score (nSPS) is 10.4. The highest BCUT2D eigenvalue weighted by Crippen LogP contribution is 2.35. The molecule has 3 aromatic rings. The lowest BCUT2D eigenvalue weighted by Crippen LogP contribution is -2.17. The van der Waals surface area contributed by atoms with Crippen LogP contribution in [-0.4, -0.2) is 25.9 Å². The quantitative estimate of drug-likeness (QED) is 0.508. The van der Waals surface area contributed by atoms with Crippen LogP contribution in [0.15, 0.2) is 58.4 Å². The van der Waals surface area contributed by atoms with Crippen LogP contribution in [0, 0.1) is 0 Å². The SMILES string of the molecule is COc1cc(NC(=O)Cc2cccs2)c(C(=O)c2cccc(Br)c2)cc1OC. The van der Waals surface area contributed by atoms with Crippen molar-refractivity contribution in [2.24, 2.45) is 0 Å². The highest BCUT2D eigenvalue weighted by Gasteiger charge is 2.20. The number of nitrogens with one attached hydrogen (secondary N) is 1. The smallest absolute Gasteiger partial charge is 0.229 e. The fraction of sp³-hybridized carbons (Fsp3) is 0.143. The van der Waals surface area contributed by atoms with Crippen molar-refractivity contribution >= 4 is 44.6 Å². The molecular weight excluding hydrogens is 442 g/mol. The van der Waals surface area contributed by atoms with Gasteiger partial charge in [0.1, 0.15) is 0 Å². The maximum absolute atomic E-state index is 13.1. The van der Waals surface area contributed by atoms with Gasteiger partial charge >= 0.3 is 0 Å². The number of hydrogen-bond donors (Lipinski definition) is 1. The highest BCUT2D eigenvalue weighted by atomic mass is 79.9. The second-order valence-electron chi connectivity index (χ2n) is 5.90. The van der Waals surface area contributed by atoms with Crippen molar-refractivity contribution in [2.75, 3.05) is 19.5 Å². The van der Waals surface area contributed by atoms with E-state index in [-0.39, 0.29) is 18.1 Å². The van der Waals surface area contributed by atoms with Crippen LogP contribution in [0.1, 0.15) is 20.8 Å². The summed E-state index contributed by atoms with van der Waals surface area (Å²) in [6.45, 7) is 0. The Morgan fingerprint density at radius 1 is 1.04 bits per heavy atom. The number of amides is 1. The van der Waals surface area contributed by atoms with Crippen molar-refractivity contribution in [3.8, 4) is 11.5 Å². The molecule has 0 unspecified atom stereocenters. The molecule has 0 atom stereocenters. The predicted molar refractivity (Wildman–Crippen MR) is 114 cm³/mol. The van der Waals surface area contributed by atoms with Gasteiger partial charge in [-0.2, -0.15) is 0 Å². The van der Waals surface area contributed by atoms with Crippen LogP contribution in [0.4, 0.5) is 5.69 Å². The Labute approximate surface area is 175 Å². The number of carbonyl (C=O) groups is 2. The van der Waals surface area contributed by atoms with Crippen LogP contribution in [0.25, 0.3) is 0 Å². The topological polar surface area (TPSA) is 64.6 Å². The van der Waals surface area contributed by atoms with Crippen LogP contribution < -0.4 is 14.8 Å². The third kappa shape index (κ3) is 4.61. The second kappa shape index (κ2) is 9.03. The van der Waals surface area contributed by atoms with E-state index < -0.39 is 0 Å². The Bertz CT molecular complexity index is 1000. The molecule has 144 valence electrons. The van der Waals surface area contributed by atoms with E-state index in [0.717, 1.165) is 9.35 Å². The number of ketones is 1. The number of thiophene rings is 1. The number of methoxy groups -OCH3 is 2. The molecule has 1 amide bonds. The molecule has 1 N–H and O–H groups in total. The predicted octanol–water partition coefficient (Wildman–Crippen LogP) is 4.94. The molecule has 0 aliphatic carbocycles. The van der Waals surface area contributed by atoms with Gasteiger partial charge in [0.15, 0.2) is 17.3 Å². The molecule has 0 aliphatic heterocycles. The van der Waals surface area contributed by atoms with E-state index in [1.165, 1.54) is 25.6 Å². The first-order chi connectivity index (χ1) is 13.5. The van der Waals surface area contributed by atoms with E-state index in [1.807, 2.05) is 23.6 Å². The zero-order chi connectivity index (χ0) is 20.1. The zero-order valence-electron chi connectivity index (χ0n) is 15.3. The van der Waals surface area contributed by atoms with Gasteiger partial charge in [-0.1, -0.05) is 34.1 Å². The van der Waals surface area contributed by atoms with E-state index >= 15 is 0 Å². The molecule has 3 rings (SSSR count). The molecule has 0 saturated carbocycles. The second-order valence-corrected chi connectivity index (χ2v) is 7.84. The van der Waals surface area contributed by atoms with E-state index in [1.54, 1.807) is 30.3 Å². The van der Waals surface area contributed by atoms with Crippen LogP contribution in [0.3, 0.4) is 0 Å². The highest BCUT2D eigenvalue weighted by molar-refractivity contribution is 9.10. The number of rotatable bonds is 7. The van der Waals surface area contributed by atoms with E-state index in [0.29, 0.717) is 28.3 Å². The third-order valence-corrected chi connectivity index (χ3v) is 5.41. The van der Waals surface area contributed by atoms with Crippen molar-refractivity contribution in [1.82, 2.24) is 0 Å². The van der Waals surface area contributed by atoms with Crippen molar-refractivity contribution in [1.29, 1.82) is 0 Å². The Hall–Kier alpha value is -2.64. The number of carbonyl (C=O) groups excluding carboxylic acids is 2. The molecule has 0 radical (unpaired) electrons. The van der Waals surface area contributed by atoms with Crippen molar-refractivity contribution in [3.05, 3.63) is 74.4 Å². The lowest BCUT2D eigenvalue weighted by Gasteiger charge is -2.15. The summed E-state index contributed by atoms with van der Waals surface area (Å²) < 4.78 is 11.5. The average Bonchev–Trinajstić information content (AvgIpc) is 3.19. The largest absolute Gasteiger partial charge is 0.493 e. The lowest BCUT2D eigenvalue weighted by molar-refractivity contribution is -0.115. The Kier molecular flexibility index (Phi) is 6.49. The molecule has 5 nitrogen and oxygen atoms in total. The van der Waals surface area contributed by atoms with Gasteiger partial charge in [-0.3, -0.25) is 9.59 Å². The van der Waals surface area contributed by atoms with Crippen molar-refractivity contribution in [3.63, 3.8) is 0 Å². The molecule has 1 aromatic heterocycles. The number of halogens is 1. The summed E-state index contributed by atoms with van der Waals surface area (Å²) in [6, 6.07) is 14.1. The Balaban J connectivity index is 1.99. The summed E-state index contributed by atoms with van der Waals surface area (Å²) in [5, 5.41) is 4.76. The number of hydrogen-bond acceptors (Lipinski definition) is 5. The van der Waals surface area contributed by atoms with E-state index in [4.69, 9.17) is 9.47 Å². The molecule has 2 aromatic carbocycles. The summed E-state index contributed by atoms with van der Waals surface area (Å²) in [6.07, 6.45) is 0.233. The molecule has 0 saturated heterocycles. The van der Waals surface area contributed by atoms with Crippen LogP contribution >= 0.6 is 27.3 Å². The van der Waals surface area contributed by atoms with Crippen LogP contribution in [0.2, 0.25) is 0 Å². The van der Waals surface area contributed by atoms with Gasteiger partial charge in [-0.05, 0) is 29.6 Å². The monoisotopic (exact) mass is 459 g/mol. The van der Waals surface area contributed by atoms with Crippen molar-refractivity contribution in [2.45, 2.75) is 6.42 Å². The third-order valence-electron chi connectivity index (χ3n) is 4.04. The maximum Gasteiger partial charge on any atom is 0.229 e. The molecule has 28 heavy (non-hydrogen) atoms. The van der Waals surface area contributed by atoms with E-state index in [9.17, 15) is 9.59 Å². The maximum atomic E-state index is 13.1. The minimum absolute atomic E-state index is 0.210. The number of anilines is 1. The Morgan fingerprint density at radius 3 is 2.43 bits per heavy atom. The molecule has 0 aliphatic rings. The minimum Gasteiger partial charge on any atom is -0.493 e. The lowest BCUT2D eigenvalue weighted by atomic mass is 10.0. The standard InChI is InChI=1S/C21H18BrNO4S/c1-26-18-11-16(21(25)13-5-3-6-14(22)9-13)17(12-19(18)27-2)23-20(24)10-15-7-4-8-28-15/h3-9,11-12H,10H2,1-2H3,(H,23,24). The summed E-state index contributed by atoms with van der Waals surface area (Å²) in [5.41, 5.74) is 1.20. The molecule has 0 spiro atoms. The van der Waals surface area contributed by atoms with Crippen LogP contribution in [-0.2, 0) is 11.2 Å². The number of benzene rings is 2. The first-order valence-corrected chi connectivity index (χ1v) is 10.1. The fourth-order valence-electron chi connectivity index (χ4n) is 2.72. The first kappa shape index (κ1) is 20.1. The van der Waals surface area contributed by atoms with Gasteiger partial charge in [-0.25, -0.2) is 0 Å². The van der Waals surface area contributed by atoms with Gasteiger partial charge in [0.2, 0.25) is 5.91 Å². The minimum atomic E-state index is -0.228. The van der Waals surface area contributed by atoms with Gasteiger partial charge < -0.3 is 14.8 Å². The molecule has 7 heteroatoms. The van der Waals surface area contributed by atoms with Crippen molar-refractivity contribution < 1.29 is 19.1 Å². The van der Waals surface area contributed by atoms with Gasteiger partial charge in [0.25, 0.3) is 0 Å². The fourth-order valence-corrected chi connectivity index (χ4v) is 3.82. The molecule has 0 fully saturated rings.